The summed E-state index contributed by atoms with van der Waals surface area (Å²) in [6, 6.07) is 7.72. The van der Waals surface area contributed by atoms with Crippen molar-refractivity contribution >= 4 is 17.8 Å². The molecular formula is C18H19N3O6. The molecule has 0 aromatic heterocycles. The van der Waals surface area contributed by atoms with E-state index < -0.39 is 10.8 Å². The minimum Gasteiger partial charge on any atom is -0.504 e. The Labute approximate surface area is 155 Å². The van der Waals surface area contributed by atoms with Gasteiger partial charge in [-0.3, -0.25) is 14.9 Å². The number of hydrazone groups is 1. The van der Waals surface area contributed by atoms with Crippen LogP contribution in [0, 0.1) is 24.0 Å². The number of rotatable bonds is 7. The fourth-order valence-electron chi connectivity index (χ4n) is 2.20. The molecule has 0 heterocycles. The third-order valence-electron chi connectivity index (χ3n) is 3.83. The van der Waals surface area contributed by atoms with Crippen molar-refractivity contribution < 1.29 is 24.3 Å². The largest absolute Gasteiger partial charge is 0.504 e. The molecule has 0 bridgehead atoms. The van der Waals surface area contributed by atoms with E-state index >= 15 is 0 Å². The number of ether oxygens (including phenoxy) is 2. The van der Waals surface area contributed by atoms with Gasteiger partial charge in [0.25, 0.3) is 11.6 Å². The fraction of sp³-hybridized carbons (Fsp3) is 0.222. The summed E-state index contributed by atoms with van der Waals surface area (Å²) in [5.74, 6) is -0.331. The normalized spacial score (nSPS) is 10.6. The van der Waals surface area contributed by atoms with Crippen molar-refractivity contribution in [3.8, 4) is 17.2 Å². The molecule has 0 aliphatic heterocycles. The second-order valence-electron chi connectivity index (χ2n) is 5.62. The Morgan fingerprint density at radius 1 is 1.33 bits per heavy atom. The van der Waals surface area contributed by atoms with Crippen molar-refractivity contribution in [3.63, 3.8) is 0 Å². The van der Waals surface area contributed by atoms with Crippen LogP contribution in [0.2, 0.25) is 0 Å². The maximum Gasteiger partial charge on any atom is 0.277 e. The molecule has 9 heteroatoms. The number of aromatic hydroxyl groups is 1. The molecule has 2 rings (SSSR count). The Morgan fingerprint density at radius 3 is 2.74 bits per heavy atom. The van der Waals surface area contributed by atoms with Crippen LogP contribution in [-0.4, -0.2) is 35.9 Å². The first-order valence-corrected chi connectivity index (χ1v) is 7.89. The zero-order valence-corrected chi connectivity index (χ0v) is 15.1. The van der Waals surface area contributed by atoms with Crippen LogP contribution >= 0.6 is 0 Å². The van der Waals surface area contributed by atoms with Gasteiger partial charge in [-0.05, 0) is 31.0 Å². The average Bonchev–Trinajstić information content (AvgIpc) is 2.64. The molecule has 0 unspecified atom stereocenters. The molecule has 27 heavy (non-hydrogen) atoms. The van der Waals surface area contributed by atoms with E-state index in [-0.39, 0.29) is 29.4 Å². The number of aryl methyl sites for hydroxylation is 1. The van der Waals surface area contributed by atoms with Gasteiger partial charge in [0.15, 0.2) is 18.1 Å². The van der Waals surface area contributed by atoms with Gasteiger partial charge in [0.1, 0.15) is 5.75 Å². The SMILES string of the molecule is COc1cc([N+](=O)[O-])cc(C=NNC(=O)COc2cccc(C)c2C)c1O. The number of nitro benzene ring substituents is 1. The molecule has 0 radical (unpaired) electrons. The molecule has 0 aliphatic rings. The summed E-state index contributed by atoms with van der Waals surface area (Å²) in [6.07, 6.45) is 1.08. The number of carbonyl (C=O) groups excluding carboxylic acids is 1. The lowest BCUT2D eigenvalue weighted by Gasteiger charge is -2.09. The molecule has 0 fully saturated rings. The summed E-state index contributed by atoms with van der Waals surface area (Å²) in [5, 5.41) is 24.6. The number of non-ortho nitro benzene ring substituents is 1. The lowest BCUT2D eigenvalue weighted by Crippen LogP contribution is -2.24. The molecule has 2 aromatic rings. The Morgan fingerprint density at radius 2 is 2.07 bits per heavy atom. The summed E-state index contributed by atoms with van der Waals surface area (Å²) >= 11 is 0. The number of hydrogen-bond acceptors (Lipinski definition) is 7. The number of hydrogen-bond donors (Lipinski definition) is 2. The second kappa shape index (κ2) is 8.65. The zero-order valence-electron chi connectivity index (χ0n) is 15.1. The standard InChI is InChI=1S/C18H19N3O6/c1-11-5-4-6-15(12(11)2)27-10-17(22)20-19-9-13-7-14(21(24)25)8-16(26-3)18(13)23/h4-9,23H,10H2,1-3H3,(H,20,22). The van der Waals surface area contributed by atoms with Gasteiger partial charge in [0.2, 0.25) is 0 Å². The summed E-state index contributed by atoms with van der Waals surface area (Å²) in [4.78, 5) is 22.1. The monoisotopic (exact) mass is 373 g/mol. The van der Waals surface area contributed by atoms with Crippen molar-refractivity contribution in [2.75, 3.05) is 13.7 Å². The molecule has 142 valence electrons. The molecule has 0 atom stereocenters. The van der Waals surface area contributed by atoms with Crippen LogP contribution in [0.1, 0.15) is 16.7 Å². The van der Waals surface area contributed by atoms with Gasteiger partial charge < -0.3 is 14.6 Å². The highest BCUT2D eigenvalue weighted by Crippen LogP contribution is 2.33. The van der Waals surface area contributed by atoms with E-state index in [1.807, 2.05) is 26.0 Å². The minimum atomic E-state index is -0.629. The van der Waals surface area contributed by atoms with Crippen molar-refractivity contribution in [1.29, 1.82) is 0 Å². The predicted octanol–water partition coefficient (Wildman–Crippen LogP) is 2.45. The van der Waals surface area contributed by atoms with Crippen molar-refractivity contribution in [1.82, 2.24) is 5.43 Å². The molecule has 1 amide bonds. The highest BCUT2D eigenvalue weighted by molar-refractivity contribution is 5.87. The average molecular weight is 373 g/mol. The predicted molar refractivity (Wildman–Crippen MR) is 98.5 cm³/mol. The van der Waals surface area contributed by atoms with E-state index in [9.17, 15) is 20.0 Å². The minimum absolute atomic E-state index is 0.0248. The number of nitrogens with one attached hydrogen (secondary N) is 1. The van der Waals surface area contributed by atoms with E-state index in [2.05, 4.69) is 10.5 Å². The summed E-state index contributed by atoms with van der Waals surface area (Å²) < 4.78 is 10.3. The van der Waals surface area contributed by atoms with Crippen LogP contribution in [-0.2, 0) is 4.79 Å². The number of nitrogens with zero attached hydrogens (tertiary/aromatic N) is 2. The molecule has 0 spiro atoms. The smallest absolute Gasteiger partial charge is 0.277 e. The van der Waals surface area contributed by atoms with E-state index in [0.29, 0.717) is 5.75 Å². The molecule has 0 saturated carbocycles. The Balaban J connectivity index is 2.02. The third-order valence-corrected chi connectivity index (χ3v) is 3.83. The molecule has 9 nitrogen and oxygen atoms in total. The van der Waals surface area contributed by atoms with Crippen LogP contribution in [0.25, 0.3) is 0 Å². The number of methoxy groups -OCH3 is 1. The maximum atomic E-state index is 11.8. The highest BCUT2D eigenvalue weighted by atomic mass is 16.6. The zero-order chi connectivity index (χ0) is 20.0. The Hall–Kier alpha value is -3.62. The van der Waals surface area contributed by atoms with Crippen molar-refractivity contribution in [2.45, 2.75) is 13.8 Å². The lowest BCUT2D eigenvalue weighted by atomic mass is 10.1. The summed E-state index contributed by atoms with van der Waals surface area (Å²) in [7, 11) is 1.27. The highest BCUT2D eigenvalue weighted by Gasteiger charge is 2.15. The first kappa shape index (κ1) is 19.7. The van der Waals surface area contributed by atoms with Gasteiger partial charge in [-0.15, -0.1) is 0 Å². The fourth-order valence-corrected chi connectivity index (χ4v) is 2.20. The van der Waals surface area contributed by atoms with Gasteiger partial charge >= 0.3 is 0 Å². The molecule has 0 aliphatic carbocycles. The van der Waals surface area contributed by atoms with Crippen LogP contribution in [0.4, 0.5) is 5.69 Å². The van der Waals surface area contributed by atoms with Crippen molar-refractivity contribution in [2.24, 2.45) is 5.10 Å². The van der Waals surface area contributed by atoms with Crippen molar-refractivity contribution in [3.05, 3.63) is 57.1 Å². The first-order valence-electron chi connectivity index (χ1n) is 7.89. The topological polar surface area (TPSA) is 123 Å². The van der Waals surface area contributed by atoms with Crippen LogP contribution < -0.4 is 14.9 Å². The van der Waals surface area contributed by atoms with Crippen LogP contribution in [0.5, 0.6) is 17.2 Å². The third kappa shape index (κ3) is 4.94. The first-order chi connectivity index (χ1) is 12.8. The molecule has 0 saturated heterocycles. The van der Waals surface area contributed by atoms with Crippen LogP contribution in [0.15, 0.2) is 35.4 Å². The van der Waals surface area contributed by atoms with Crippen LogP contribution in [0.3, 0.4) is 0 Å². The van der Waals surface area contributed by atoms with E-state index in [1.54, 1.807) is 6.07 Å². The second-order valence-corrected chi connectivity index (χ2v) is 5.62. The molecule has 2 aromatic carbocycles. The summed E-state index contributed by atoms with van der Waals surface area (Å²) in [6.45, 7) is 3.57. The number of carbonyl (C=O) groups is 1. The van der Waals surface area contributed by atoms with E-state index in [0.717, 1.165) is 29.5 Å². The number of phenolic OH excluding ortho intramolecular Hbond substituents is 1. The number of benzene rings is 2. The van der Waals surface area contributed by atoms with Gasteiger partial charge in [-0.2, -0.15) is 5.10 Å². The number of nitro groups is 1. The van der Waals surface area contributed by atoms with E-state index in [1.165, 1.54) is 7.11 Å². The number of amides is 1. The quantitative estimate of drug-likeness (QED) is 0.436. The maximum absolute atomic E-state index is 11.8. The van der Waals surface area contributed by atoms with Gasteiger partial charge in [0.05, 0.1) is 24.3 Å². The van der Waals surface area contributed by atoms with Gasteiger partial charge in [0, 0.05) is 11.6 Å². The lowest BCUT2D eigenvalue weighted by molar-refractivity contribution is -0.385. The molecule has 2 N–H and O–H groups in total. The number of phenols is 1. The molecular weight excluding hydrogens is 354 g/mol. The van der Waals surface area contributed by atoms with E-state index in [4.69, 9.17) is 9.47 Å². The van der Waals surface area contributed by atoms with Gasteiger partial charge in [-0.25, -0.2) is 5.43 Å². The summed E-state index contributed by atoms with van der Waals surface area (Å²) in [5.41, 5.74) is 3.95. The Bertz CT molecular complexity index is 895. The Kier molecular flexibility index (Phi) is 6.32. The van der Waals surface area contributed by atoms with Gasteiger partial charge in [-0.1, -0.05) is 12.1 Å².